The van der Waals surface area contributed by atoms with E-state index in [1.165, 1.54) is 28.6 Å². The Balaban J connectivity index is 1.36. The molecule has 1 atom stereocenters. The first-order valence-corrected chi connectivity index (χ1v) is 9.80. The van der Waals surface area contributed by atoms with Gasteiger partial charge in [0.05, 0.1) is 11.4 Å². The van der Waals surface area contributed by atoms with Crippen LogP contribution in [0.5, 0.6) is 0 Å². The summed E-state index contributed by atoms with van der Waals surface area (Å²) in [5, 5.41) is 16.6. The monoisotopic (exact) mass is 350 g/mol. The van der Waals surface area contributed by atoms with Gasteiger partial charge in [-0.2, -0.15) is 5.10 Å². The van der Waals surface area contributed by atoms with E-state index in [2.05, 4.69) is 44.9 Å². The summed E-state index contributed by atoms with van der Waals surface area (Å²) in [6.07, 6.45) is 6.23. The predicted molar refractivity (Wildman–Crippen MR) is 102 cm³/mol. The van der Waals surface area contributed by atoms with E-state index in [4.69, 9.17) is 5.10 Å². The number of H-pyrrole nitrogens is 1. The molecule has 1 aliphatic carbocycles. The summed E-state index contributed by atoms with van der Waals surface area (Å²) in [5.41, 5.74) is 4.69. The lowest BCUT2D eigenvalue weighted by molar-refractivity contribution is 0.0581. The summed E-state index contributed by atoms with van der Waals surface area (Å²) in [6.45, 7) is 3.84. The lowest BCUT2D eigenvalue weighted by Gasteiger charge is -2.29. The summed E-state index contributed by atoms with van der Waals surface area (Å²) in [7, 11) is 0. The van der Waals surface area contributed by atoms with Crippen LogP contribution in [0.2, 0.25) is 0 Å². The van der Waals surface area contributed by atoms with Gasteiger partial charge < -0.3 is 10.1 Å². The second kappa shape index (κ2) is 6.56. The van der Waals surface area contributed by atoms with Gasteiger partial charge in [-0.15, -0.1) is 0 Å². The highest BCUT2D eigenvalue weighted by atomic mass is 16.3. The van der Waals surface area contributed by atoms with Gasteiger partial charge >= 0.3 is 0 Å². The fraction of sp³-hybridized carbons (Fsp3) is 0.476. The molecule has 0 spiro atoms. The Morgan fingerprint density at radius 1 is 1.19 bits per heavy atom. The van der Waals surface area contributed by atoms with Gasteiger partial charge in [0.25, 0.3) is 0 Å². The number of hydrogen-bond acceptors (Lipinski definition) is 3. The zero-order chi connectivity index (χ0) is 17.5. The number of aliphatic hydroxyl groups excluding tert-OH is 1. The van der Waals surface area contributed by atoms with E-state index >= 15 is 0 Å². The summed E-state index contributed by atoms with van der Waals surface area (Å²) >= 11 is 0. The molecule has 2 aliphatic rings. The molecule has 0 saturated heterocycles. The van der Waals surface area contributed by atoms with Crippen LogP contribution in [0.3, 0.4) is 0 Å². The molecule has 2 N–H and O–H groups in total. The number of hydrogen-bond donors (Lipinski definition) is 2. The Morgan fingerprint density at radius 3 is 2.96 bits per heavy atom. The first-order valence-electron chi connectivity index (χ1n) is 9.80. The minimum absolute atomic E-state index is 0.385. The van der Waals surface area contributed by atoms with E-state index in [0.29, 0.717) is 5.92 Å². The number of benzene rings is 1. The summed E-state index contributed by atoms with van der Waals surface area (Å²) < 4.78 is 2.12. The maximum atomic E-state index is 10.6. The Hall–Kier alpha value is -2.11. The molecule has 1 fully saturated rings. The largest absolute Gasteiger partial charge is 0.386 e. The van der Waals surface area contributed by atoms with E-state index in [9.17, 15) is 5.11 Å². The van der Waals surface area contributed by atoms with Gasteiger partial charge in [-0.1, -0.05) is 24.6 Å². The third-order valence-corrected chi connectivity index (χ3v) is 6.08. The summed E-state index contributed by atoms with van der Waals surface area (Å²) in [6, 6.07) is 10.8. The Labute approximate surface area is 153 Å². The van der Waals surface area contributed by atoms with E-state index in [-0.39, 0.29) is 6.10 Å². The topological polar surface area (TPSA) is 57.1 Å². The molecule has 3 aromatic rings. The molecule has 0 unspecified atom stereocenters. The number of nitrogens with zero attached hydrogens (tertiary/aromatic N) is 3. The highest BCUT2D eigenvalue weighted by Crippen LogP contribution is 2.37. The predicted octanol–water partition coefficient (Wildman–Crippen LogP) is 3.60. The van der Waals surface area contributed by atoms with Crippen LogP contribution >= 0.6 is 0 Å². The number of aryl methyl sites for hydroxylation is 1. The number of rotatable bonds is 4. The first-order chi connectivity index (χ1) is 12.8. The van der Waals surface area contributed by atoms with Gasteiger partial charge in [0.1, 0.15) is 6.10 Å². The summed E-state index contributed by atoms with van der Waals surface area (Å²) in [4.78, 5) is 5.88. The van der Waals surface area contributed by atoms with E-state index in [1.54, 1.807) is 0 Å². The molecule has 3 heterocycles. The lowest BCUT2D eigenvalue weighted by atomic mass is 9.80. The van der Waals surface area contributed by atoms with Crippen molar-refractivity contribution in [3.63, 3.8) is 0 Å². The molecule has 136 valence electrons. The van der Waals surface area contributed by atoms with Gasteiger partial charge in [0.2, 0.25) is 0 Å². The average Bonchev–Trinajstić information content (AvgIpc) is 3.17. The maximum Gasteiger partial charge on any atom is 0.101 e. The molecule has 0 radical (unpaired) electrons. The van der Waals surface area contributed by atoms with Crippen LogP contribution in [-0.4, -0.2) is 31.3 Å². The van der Waals surface area contributed by atoms with Crippen LogP contribution in [0.25, 0.3) is 10.9 Å². The van der Waals surface area contributed by atoms with Crippen LogP contribution in [0.4, 0.5) is 0 Å². The zero-order valence-corrected chi connectivity index (χ0v) is 15.1. The van der Waals surface area contributed by atoms with Crippen molar-refractivity contribution in [2.45, 2.75) is 51.4 Å². The molecular formula is C21H26N4O. The lowest BCUT2D eigenvalue weighted by Crippen LogP contribution is -2.23. The Kier molecular flexibility index (Phi) is 4.06. The molecule has 5 rings (SSSR count). The molecule has 2 aromatic heterocycles. The molecule has 0 bridgehead atoms. The molecule has 26 heavy (non-hydrogen) atoms. The Morgan fingerprint density at radius 2 is 2.12 bits per heavy atom. The molecule has 5 nitrogen and oxygen atoms in total. The normalized spacial score (nSPS) is 19.9. The van der Waals surface area contributed by atoms with Crippen molar-refractivity contribution in [3.05, 3.63) is 53.5 Å². The number of nitrogens with one attached hydrogen (secondary N) is 1. The van der Waals surface area contributed by atoms with Gasteiger partial charge in [-0.05, 0) is 48.3 Å². The molecule has 0 amide bonds. The highest BCUT2D eigenvalue weighted by Gasteiger charge is 2.29. The second-order valence-corrected chi connectivity index (χ2v) is 7.84. The van der Waals surface area contributed by atoms with Crippen LogP contribution in [-0.2, 0) is 19.6 Å². The molecule has 1 saturated carbocycles. The zero-order valence-electron chi connectivity index (χ0n) is 15.1. The third kappa shape index (κ3) is 2.85. The van der Waals surface area contributed by atoms with Gasteiger partial charge in [0.15, 0.2) is 0 Å². The Bertz CT molecular complexity index is 908. The maximum absolute atomic E-state index is 10.6. The standard InChI is InChI=1S/C21H26N4O/c26-21(16-5-2-6-16)19-12-18-14-24(10-3-11-25(18)23-19)13-17-7-1-4-15-8-9-22-20(15)17/h1,4,7-9,12,16,21-22,26H,2-3,5-6,10-11,13-14H2/t21-/m1/s1. The third-order valence-electron chi connectivity index (χ3n) is 6.08. The van der Waals surface area contributed by atoms with Crippen LogP contribution in [0.1, 0.15) is 48.7 Å². The smallest absolute Gasteiger partial charge is 0.101 e. The molecule has 5 heteroatoms. The molecule has 1 aromatic carbocycles. The van der Waals surface area contributed by atoms with Crippen LogP contribution < -0.4 is 0 Å². The van der Waals surface area contributed by atoms with Crippen molar-refractivity contribution in [2.24, 2.45) is 5.92 Å². The molecule has 1 aliphatic heterocycles. The minimum Gasteiger partial charge on any atom is -0.386 e. The number of aromatic amines is 1. The van der Waals surface area contributed by atoms with Gasteiger partial charge in [-0.3, -0.25) is 9.58 Å². The molecular weight excluding hydrogens is 324 g/mol. The van der Waals surface area contributed by atoms with E-state index < -0.39 is 0 Å². The highest BCUT2D eigenvalue weighted by molar-refractivity contribution is 5.82. The fourth-order valence-electron chi connectivity index (χ4n) is 4.35. The van der Waals surface area contributed by atoms with Crippen molar-refractivity contribution in [1.82, 2.24) is 19.7 Å². The number of para-hydroxylation sites is 1. The van der Waals surface area contributed by atoms with Crippen molar-refractivity contribution < 1.29 is 5.11 Å². The van der Waals surface area contributed by atoms with Crippen LogP contribution in [0, 0.1) is 5.92 Å². The first kappa shape index (κ1) is 16.1. The number of aliphatic hydroxyl groups is 1. The van der Waals surface area contributed by atoms with Gasteiger partial charge in [-0.25, -0.2) is 0 Å². The van der Waals surface area contributed by atoms with Crippen molar-refractivity contribution in [1.29, 1.82) is 0 Å². The minimum atomic E-state index is -0.385. The van der Waals surface area contributed by atoms with Crippen molar-refractivity contribution >= 4 is 10.9 Å². The van der Waals surface area contributed by atoms with Crippen molar-refractivity contribution in [3.8, 4) is 0 Å². The van der Waals surface area contributed by atoms with Crippen molar-refractivity contribution in [2.75, 3.05) is 6.54 Å². The average molecular weight is 350 g/mol. The van der Waals surface area contributed by atoms with E-state index in [0.717, 1.165) is 51.1 Å². The van der Waals surface area contributed by atoms with E-state index in [1.807, 2.05) is 6.20 Å². The number of fused-ring (bicyclic) bond motifs is 2. The quantitative estimate of drug-likeness (QED) is 0.756. The fourth-order valence-corrected chi connectivity index (χ4v) is 4.35. The second-order valence-electron chi connectivity index (χ2n) is 7.84. The SMILES string of the molecule is O[C@@H](c1cc2n(n1)CCCN(Cc1cccc3cc[nH]c13)C2)C1CCC1. The van der Waals surface area contributed by atoms with Crippen LogP contribution in [0.15, 0.2) is 36.5 Å². The van der Waals surface area contributed by atoms with Gasteiger partial charge in [0, 0.05) is 37.9 Å². The summed E-state index contributed by atoms with van der Waals surface area (Å²) in [5.74, 6) is 0.413. The number of aromatic nitrogens is 3.